The molecule has 0 radical (unpaired) electrons. The maximum Gasteiger partial charge on any atom is 0.122 e. The van der Waals surface area contributed by atoms with Crippen molar-refractivity contribution in [3.05, 3.63) is 54.4 Å². The van der Waals surface area contributed by atoms with Crippen molar-refractivity contribution in [1.82, 2.24) is 4.98 Å². The average molecular weight is 296 g/mol. The van der Waals surface area contributed by atoms with Gasteiger partial charge in [0.1, 0.15) is 5.75 Å². The summed E-state index contributed by atoms with van der Waals surface area (Å²) in [5.41, 5.74) is 2.56. The highest BCUT2D eigenvalue weighted by Crippen LogP contribution is 2.28. The third-order valence-corrected chi connectivity index (χ3v) is 4.54. The molecule has 1 aromatic heterocycles. The van der Waals surface area contributed by atoms with Gasteiger partial charge in [0.15, 0.2) is 0 Å². The Morgan fingerprint density at radius 1 is 1.18 bits per heavy atom. The minimum atomic E-state index is 0.600. The molecule has 116 valence electrons. The lowest BCUT2D eigenvalue weighted by molar-refractivity contribution is 0.403. The van der Waals surface area contributed by atoms with Crippen LogP contribution in [0.5, 0.6) is 5.75 Å². The van der Waals surface area contributed by atoms with Gasteiger partial charge in [-0.15, -0.1) is 0 Å². The highest BCUT2D eigenvalue weighted by atomic mass is 16.5. The maximum atomic E-state index is 5.47. The number of para-hydroxylation sites is 1. The normalized spacial score (nSPS) is 18.2. The summed E-state index contributed by atoms with van der Waals surface area (Å²) in [4.78, 5) is 6.81. The molecule has 2 heterocycles. The van der Waals surface area contributed by atoms with Crippen molar-refractivity contribution >= 4 is 5.69 Å². The van der Waals surface area contributed by atoms with Gasteiger partial charge in [0.2, 0.25) is 0 Å². The SMILES string of the molecule is COc1ccccc1CC[C@H]1CCCCN1c1cccnc1. The van der Waals surface area contributed by atoms with Crippen LogP contribution < -0.4 is 9.64 Å². The molecule has 1 aliphatic heterocycles. The minimum Gasteiger partial charge on any atom is -0.496 e. The van der Waals surface area contributed by atoms with E-state index >= 15 is 0 Å². The summed E-state index contributed by atoms with van der Waals surface area (Å²) >= 11 is 0. The van der Waals surface area contributed by atoms with Crippen LogP contribution in [0.25, 0.3) is 0 Å². The summed E-state index contributed by atoms with van der Waals surface area (Å²) < 4.78 is 5.47. The number of aryl methyl sites for hydroxylation is 1. The lowest BCUT2D eigenvalue weighted by Gasteiger charge is -2.37. The first kappa shape index (κ1) is 14.9. The third kappa shape index (κ3) is 3.41. The molecule has 0 amide bonds. The Labute approximate surface area is 132 Å². The monoisotopic (exact) mass is 296 g/mol. The van der Waals surface area contributed by atoms with Crippen molar-refractivity contribution in [1.29, 1.82) is 0 Å². The van der Waals surface area contributed by atoms with Crippen LogP contribution in [-0.4, -0.2) is 24.7 Å². The van der Waals surface area contributed by atoms with E-state index in [1.165, 1.54) is 30.5 Å². The van der Waals surface area contributed by atoms with E-state index in [2.05, 4.69) is 34.1 Å². The Bertz CT molecular complexity index is 585. The lowest BCUT2D eigenvalue weighted by Crippen LogP contribution is -2.39. The first-order valence-corrected chi connectivity index (χ1v) is 8.17. The molecule has 0 bridgehead atoms. The molecule has 1 saturated heterocycles. The number of piperidine rings is 1. The molecule has 1 fully saturated rings. The van der Waals surface area contributed by atoms with E-state index in [9.17, 15) is 0 Å². The second-order valence-electron chi connectivity index (χ2n) is 5.90. The van der Waals surface area contributed by atoms with Gasteiger partial charge in [-0.25, -0.2) is 0 Å². The van der Waals surface area contributed by atoms with Crippen molar-refractivity contribution in [2.45, 2.75) is 38.1 Å². The van der Waals surface area contributed by atoms with Gasteiger partial charge in [-0.3, -0.25) is 4.98 Å². The van der Waals surface area contributed by atoms with Crippen LogP contribution in [0.3, 0.4) is 0 Å². The van der Waals surface area contributed by atoms with E-state index < -0.39 is 0 Å². The van der Waals surface area contributed by atoms with Crippen molar-refractivity contribution in [3.8, 4) is 5.75 Å². The Balaban J connectivity index is 1.69. The fraction of sp³-hybridized carbons (Fsp3) is 0.421. The third-order valence-electron chi connectivity index (χ3n) is 4.54. The number of ether oxygens (including phenoxy) is 1. The summed E-state index contributed by atoms with van der Waals surface area (Å²) in [7, 11) is 1.75. The van der Waals surface area contributed by atoms with E-state index in [4.69, 9.17) is 4.74 Å². The fourth-order valence-corrected chi connectivity index (χ4v) is 3.40. The Morgan fingerprint density at radius 2 is 2.09 bits per heavy atom. The molecule has 3 nitrogen and oxygen atoms in total. The summed E-state index contributed by atoms with van der Waals surface area (Å²) in [6.45, 7) is 1.14. The number of rotatable bonds is 5. The Morgan fingerprint density at radius 3 is 2.91 bits per heavy atom. The second-order valence-corrected chi connectivity index (χ2v) is 5.90. The number of anilines is 1. The fourth-order valence-electron chi connectivity index (χ4n) is 3.40. The van der Waals surface area contributed by atoms with Crippen molar-refractivity contribution in [2.75, 3.05) is 18.6 Å². The summed E-state index contributed by atoms with van der Waals surface area (Å²) in [6, 6.07) is 13.2. The van der Waals surface area contributed by atoms with Crippen LogP contribution in [0, 0.1) is 0 Å². The molecular formula is C19H24N2O. The van der Waals surface area contributed by atoms with Crippen LogP contribution in [-0.2, 0) is 6.42 Å². The molecule has 0 saturated carbocycles. The quantitative estimate of drug-likeness (QED) is 0.831. The van der Waals surface area contributed by atoms with E-state index in [0.717, 1.165) is 25.1 Å². The smallest absolute Gasteiger partial charge is 0.122 e. The molecule has 1 aliphatic rings. The number of pyridine rings is 1. The van der Waals surface area contributed by atoms with Gasteiger partial charge in [0.25, 0.3) is 0 Å². The van der Waals surface area contributed by atoms with E-state index in [0.29, 0.717) is 6.04 Å². The molecule has 1 atom stereocenters. The Kier molecular flexibility index (Phi) is 4.94. The number of hydrogen-bond donors (Lipinski definition) is 0. The summed E-state index contributed by atoms with van der Waals surface area (Å²) in [5.74, 6) is 1.01. The van der Waals surface area contributed by atoms with Crippen LogP contribution in [0.1, 0.15) is 31.2 Å². The largest absolute Gasteiger partial charge is 0.496 e. The van der Waals surface area contributed by atoms with Crippen molar-refractivity contribution in [3.63, 3.8) is 0 Å². The number of methoxy groups -OCH3 is 1. The highest BCUT2D eigenvalue weighted by Gasteiger charge is 2.22. The maximum absolute atomic E-state index is 5.47. The van der Waals surface area contributed by atoms with E-state index in [1.807, 2.05) is 24.5 Å². The molecule has 3 heteroatoms. The number of hydrogen-bond acceptors (Lipinski definition) is 3. The topological polar surface area (TPSA) is 25.4 Å². The van der Waals surface area contributed by atoms with Gasteiger partial charge < -0.3 is 9.64 Å². The van der Waals surface area contributed by atoms with Gasteiger partial charge in [0.05, 0.1) is 19.0 Å². The predicted octanol–water partition coefficient (Wildman–Crippen LogP) is 4.08. The van der Waals surface area contributed by atoms with Gasteiger partial charge in [-0.05, 0) is 55.9 Å². The molecule has 0 N–H and O–H groups in total. The number of benzene rings is 1. The molecule has 0 aliphatic carbocycles. The predicted molar refractivity (Wildman–Crippen MR) is 90.5 cm³/mol. The average Bonchev–Trinajstić information content (AvgIpc) is 2.61. The number of nitrogens with zero attached hydrogens (tertiary/aromatic N) is 2. The van der Waals surface area contributed by atoms with Gasteiger partial charge in [0, 0.05) is 18.8 Å². The van der Waals surface area contributed by atoms with E-state index in [-0.39, 0.29) is 0 Å². The second kappa shape index (κ2) is 7.30. The van der Waals surface area contributed by atoms with Crippen LogP contribution >= 0.6 is 0 Å². The van der Waals surface area contributed by atoms with Crippen molar-refractivity contribution in [2.24, 2.45) is 0 Å². The summed E-state index contributed by atoms with van der Waals surface area (Å²) in [5, 5.41) is 0. The lowest BCUT2D eigenvalue weighted by atomic mass is 9.95. The Hall–Kier alpha value is -2.03. The van der Waals surface area contributed by atoms with Gasteiger partial charge in [-0.2, -0.15) is 0 Å². The molecule has 3 rings (SSSR count). The van der Waals surface area contributed by atoms with Gasteiger partial charge in [-0.1, -0.05) is 18.2 Å². The molecule has 1 aromatic carbocycles. The number of aromatic nitrogens is 1. The molecular weight excluding hydrogens is 272 g/mol. The van der Waals surface area contributed by atoms with Crippen LogP contribution in [0.4, 0.5) is 5.69 Å². The first-order chi connectivity index (χ1) is 10.9. The zero-order valence-corrected chi connectivity index (χ0v) is 13.2. The van der Waals surface area contributed by atoms with Gasteiger partial charge >= 0.3 is 0 Å². The first-order valence-electron chi connectivity index (χ1n) is 8.17. The molecule has 0 spiro atoms. The zero-order chi connectivity index (χ0) is 15.2. The van der Waals surface area contributed by atoms with Crippen LogP contribution in [0.2, 0.25) is 0 Å². The minimum absolute atomic E-state index is 0.600. The zero-order valence-electron chi connectivity index (χ0n) is 13.2. The molecule has 0 unspecified atom stereocenters. The molecule has 2 aromatic rings. The standard InChI is InChI=1S/C19H24N2O/c1-22-19-10-3-2-7-16(19)11-12-17-8-4-5-14-21(17)18-9-6-13-20-15-18/h2-3,6-7,9-10,13,15,17H,4-5,8,11-12,14H2,1H3/t17-/m1/s1. The summed E-state index contributed by atoms with van der Waals surface area (Å²) in [6.07, 6.45) is 9.93. The van der Waals surface area contributed by atoms with Crippen LogP contribution in [0.15, 0.2) is 48.8 Å². The van der Waals surface area contributed by atoms with E-state index in [1.54, 1.807) is 7.11 Å². The highest BCUT2D eigenvalue weighted by molar-refractivity contribution is 5.45. The molecule has 22 heavy (non-hydrogen) atoms. The van der Waals surface area contributed by atoms with Crippen molar-refractivity contribution < 1.29 is 4.74 Å².